The molecule has 0 aliphatic carbocycles. The standard InChI is InChI=1S/C33H43N3O8SSi/c1-33(2,3)46(27-13-9-7-10-14-27,28-15-11-8-12-16-28)44-23-25-21-29(30(31(37)38)36(25)32(39)40)35(45(41,42)34(4)5)22-24-17-19-26(43-6)20-18-24/h7-20,25,29-30H,21-23H2,1-6H3,(H,37,38)(H,39,40)/t25-,29-,30+/m0/s1. The van der Waals surface area contributed by atoms with E-state index < -0.39 is 53.8 Å². The van der Waals surface area contributed by atoms with Gasteiger partial charge in [0, 0.05) is 20.6 Å². The lowest BCUT2D eigenvalue weighted by Crippen LogP contribution is -2.67. The minimum atomic E-state index is -4.21. The summed E-state index contributed by atoms with van der Waals surface area (Å²) in [6, 6.07) is 22.6. The van der Waals surface area contributed by atoms with E-state index in [0.717, 1.165) is 23.9 Å². The molecule has 0 aromatic heterocycles. The van der Waals surface area contributed by atoms with Crippen molar-refractivity contribution in [2.75, 3.05) is 27.8 Å². The van der Waals surface area contributed by atoms with Gasteiger partial charge in [0.05, 0.1) is 25.8 Å². The molecular weight excluding hydrogens is 627 g/mol. The van der Waals surface area contributed by atoms with E-state index in [-0.39, 0.29) is 19.6 Å². The highest BCUT2D eigenvalue weighted by Crippen LogP contribution is 2.39. The van der Waals surface area contributed by atoms with Crippen LogP contribution in [0.15, 0.2) is 84.9 Å². The summed E-state index contributed by atoms with van der Waals surface area (Å²) in [4.78, 5) is 26.5. The first-order chi connectivity index (χ1) is 21.6. The first-order valence-electron chi connectivity index (χ1n) is 15.0. The molecular formula is C33H43N3O8SSi. The molecule has 1 heterocycles. The van der Waals surface area contributed by atoms with Crippen LogP contribution >= 0.6 is 0 Å². The van der Waals surface area contributed by atoms with Crippen molar-refractivity contribution in [2.24, 2.45) is 0 Å². The Hall–Kier alpha value is -3.75. The van der Waals surface area contributed by atoms with Gasteiger partial charge in [0.2, 0.25) is 0 Å². The molecule has 13 heteroatoms. The van der Waals surface area contributed by atoms with E-state index in [2.05, 4.69) is 20.8 Å². The Morgan fingerprint density at radius 2 is 1.43 bits per heavy atom. The van der Waals surface area contributed by atoms with Crippen LogP contribution in [0, 0.1) is 0 Å². The number of aliphatic carboxylic acids is 1. The highest BCUT2D eigenvalue weighted by molar-refractivity contribution is 7.86. The molecule has 46 heavy (non-hydrogen) atoms. The van der Waals surface area contributed by atoms with E-state index in [1.807, 2.05) is 60.7 Å². The van der Waals surface area contributed by atoms with Crippen molar-refractivity contribution in [2.45, 2.75) is 56.9 Å². The van der Waals surface area contributed by atoms with Crippen LogP contribution in [0.3, 0.4) is 0 Å². The van der Waals surface area contributed by atoms with E-state index >= 15 is 0 Å². The Kier molecular flexibility index (Phi) is 10.6. The van der Waals surface area contributed by atoms with Crippen LogP contribution in [0.4, 0.5) is 4.79 Å². The predicted octanol–water partition coefficient (Wildman–Crippen LogP) is 3.45. The topological polar surface area (TPSA) is 137 Å². The number of amides is 1. The van der Waals surface area contributed by atoms with Crippen LogP contribution in [0.25, 0.3) is 0 Å². The SMILES string of the molecule is COc1ccc(CN([C@H]2C[C@@H](CO[Si](c3ccccc3)(c3ccccc3)C(C)(C)C)N(C(=O)O)[C@H]2C(=O)O)S(=O)(=O)N(C)C)cc1. The number of ether oxygens (including phenoxy) is 1. The molecule has 1 aliphatic rings. The highest BCUT2D eigenvalue weighted by atomic mass is 32.2. The fourth-order valence-electron chi connectivity index (χ4n) is 6.39. The molecule has 1 amide bonds. The molecule has 3 aromatic carbocycles. The van der Waals surface area contributed by atoms with Crippen molar-refractivity contribution in [3.63, 3.8) is 0 Å². The van der Waals surface area contributed by atoms with Gasteiger partial charge in [0.25, 0.3) is 18.5 Å². The lowest BCUT2D eigenvalue weighted by atomic mass is 10.1. The van der Waals surface area contributed by atoms with Gasteiger partial charge in [-0.25, -0.2) is 9.59 Å². The number of carbonyl (C=O) groups is 2. The molecule has 0 bridgehead atoms. The molecule has 4 rings (SSSR count). The number of rotatable bonds is 12. The highest BCUT2D eigenvalue weighted by Gasteiger charge is 2.55. The molecule has 1 fully saturated rings. The average Bonchev–Trinajstić information content (AvgIpc) is 3.40. The van der Waals surface area contributed by atoms with Crippen LogP contribution in [0.2, 0.25) is 5.04 Å². The summed E-state index contributed by atoms with van der Waals surface area (Å²) in [6.45, 7) is 5.97. The number of likely N-dealkylation sites (tertiary alicyclic amines) is 1. The summed E-state index contributed by atoms with van der Waals surface area (Å²) >= 11 is 0. The number of methoxy groups -OCH3 is 1. The van der Waals surface area contributed by atoms with Crippen LogP contribution in [-0.2, 0) is 26.0 Å². The molecule has 1 aliphatic heterocycles. The first-order valence-corrected chi connectivity index (χ1v) is 18.3. The fourth-order valence-corrected chi connectivity index (χ4v) is 12.3. The van der Waals surface area contributed by atoms with Gasteiger partial charge in [0.1, 0.15) is 11.8 Å². The summed E-state index contributed by atoms with van der Waals surface area (Å²) in [6.07, 6.45) is -1.54. The summed E-state index contributed by atoms with van der Waals surface area (Å²) in [7, 11) is -3.09. The lowest BCUT2D eigenvalue weighted by molar-refractivity contribution is -0.143. The van der Waals surface area contributed by atoms with Gasteiger partial charge in [0.15, 0.2) is 0 Å². The van der Waals surface area contributed by atoms with Gasteiger partial charge < -0.3 is 19.4 Å². The van der Waals surface area contributed by atoms with Gasteiger partial charge in [-0.05, 0) is 39.5 Å². The Bertz CT molecular complexity index is 1560. The summed E-state index contributed by atoms with van der Waals surface area (Å²) < 4.78 is 41.9. The second-order valence-corrected chi connectivity index (χ2v) is 19.0. The maximum atomic E-state index is 13.8. The average molecular weight is 670 g/mol. The third-order valence-corrected chi connectivity index (χ3v) is 15.5. The number of carboxylic acids is 1. The Morgan fingerprint density at radius 1 is 0.913 bits per heavy atom. The van der Waals surface area contributed by atoms with E-state index in [0.29, 0.717) is 11.3 Å². The summed E-state index contributed by atoms with van der Waals surface area (Å²) in [5.41, 5.74) is 0.587. The second kappa shape index (κ2) is 13.9. The van der Waals surface area contributed by atoms with Gasteiger partial charge in [-0.2, -0.15) is 17.0 Å². The van der Waals surface area contributed by atoms with Crippen LogP contribution in [0.1, 0.15) is 32.8 Å². The molecule has 0 unspecified atom stereocenters. The smallest absolute Gasteiger partial charge is 0.408 e. The van der Waals surface area contributed by atoms with Crippen molar-refractivity contribution >= 4 is 41.0 Å². The molecule has 0 spiro atoms. The van der Waals surface area contributed by atoms with Crippen LogP contribution < -0.4 is 15.1 Å². The monoisotopic (exact) mass is 669 g/mol. The number of benzene rings is 3. The van der Waals surface area contributed by atoms with Crippen molar-refractivity contribution in [1.82, 2.24) is 13.5 Å². The van der Waals surface area contributed by atoms with E-state index in [9.17, 15) is 28.2 Å². The molecule has 3 aromatic rings. The Labute approximate surface area is 272 Å². The van der Waals surface area contributed by atoms with E-state index in [1.165, 1.54) is 21.2 Å². The van der Waals surface area contributed by atoms with Gasteiger partial charge in [-0.3, -0.25) is 4.90 Å². The third-order valence-electron chi connectivity index (χ3n) is 8.58. The zero-order chi connectivity index (χ0) is 33.9. The van der Waals surface area contributed by atoms with Crippen molar-refractivity contribution < 1.29 is 37.4 Å². The maximum Gasteiger partial charge on any atom is 0.408 e. The van der Waals surface area contributed by atoms with Crippen molar-refractivity contribution in [3.8, 4) is 5.75 Å². The van der Waals surface area contributed by atoms with Crippen molar-refractivity contribution in [1.29, 1.82) is 0 Å². The molecule has 1 saturated heterocycles. The number of carboxylic acid groups (broad SMARTS) is 2. The Morgan fingerprint density at radius 3 is 1.85 bits per heavy atom. The number of hydrogen-bond donors (Lipinski definition) is 2. The maximum absolute atomic E-state index is 13.8. The van der Waals surface area contributed by atoms with Crippen molar-refractivity contribution in [3.05, 3.63) is 90.5 Å². The second-order valence-electron chi connectivity index (χ2n) is 12.6. The van der Waals surface area contributed by atoms with Gasteiger partial charge in [-0.15, -0.1) is 0 Å². The molecule has 2 N–H and O–H groups in total. The zero-order valence-corrected chi connectivity index (χ0v) is 28.8. The predicted molar refractivity (Wildman–Crippen MR) is 178 cm³/mol. The molecule has 11 nitrogen and oxygen atoms in total. The fraction of sp³-hybridized carbons (Fsp3) is 0.394. The largest absolute Gasteiger partial charge is 0.497 e. The lowest BCUT2D eigenvalue weighted by Gasteiger charge is -2.44. The molecule has 0 saturated carbocycles. The Balaban J connectivity index is 1.80. The number of nitrogens with zero attached hydrogens (tertiary/aromatic N) is 3. The minimum absolute atomic E-state index is 0.0787. The minimum Gasteiger partial charge on any atom is -0.497 e. The third kappa shape index (κ3) is 6.83. The van der Waals surface area contributed by atoms with Gasteiger partial charge >= 0.3 is 12.1 Å². The first kappa shape index (κ1) is 35.1. The molecule has 0 radical (unpaired) electrons. The summed E-state index contributed by atoms with van der Waals surface area (Å²) in [5, 5.41) is 22.4. The van der Waals surface area contributed by atoms with E-state index in [1.54, 1.807) is 24.3 Å². The van der Waals surface area contributed by atoms with Crippen LogP contribution in [-0.4, -0.2) is 98.5 Å². The molecule has 248 valence electrons. The number of hydrogen-bond acceptors (Lipinski definition) is 6. The molecule has 3 atom stereocenters. The van der Waals surface area contributed by atoms with Gasteiger partial charge in [-0.1, -0.05) is 93.6 Å². The van der Waals surface area contributed by atoms with E-state index in [4.69, 9.17) is 9.16 Å². The zero-order valence-electron chi connectivity index (χ0n) is 27.0. The quantitative estimate of drug-likeness (QED) is 0.280. The summed E-state index contributed by atoms with van der Waals surface area (Å²) in [5.74, 6) is -0.860. The normalized spacial score (nSPS) is 19.0. The van der Waals surface area contributed by atoms with Crippen LogP contribution in [0.5, 0.6) is 5.75 Å².